The van der Waals surface area contributed by atoms with Crippen molar-refractivity contribution in [3.05, 3.63) is 24.0 Å². The minimum atomic E-state index is -0.515. The van der Waals surface area contributed by atoms with Crippen molar-refractivity contribution >= 4 is 11.9 Å². The second-order valence-corrected chi connectivity index (χ2v) is 8.21. The average molecular weight is 360 g/mol. The first-order valence-electron chi connectivity index (χ1n) is 9.34. The highest BCUT2D eigenvalue weighted by Gasteiger charge is 2.45. The van der Waals surface area contributed by atoms with Crippen LogP contribution in [-0.2, 0) is 4.74 Å². The smallest absolute Gasteiger partial charge is 0.410 e. The predicted molar refractivity (Wildman–Crippen MR) is 97.3 cm³/mol. The fraction of sp³-hybridized carbons (Fsp3) is 0.650. The molecule has 1 aromatic rings. The molecule has 6 heteroatoms. The van der Waals surface area contributed by atoms with Crippen molar-refractivity contribution in [2.45, 2.75) is 70.6 Å². The molecule has 2 unspecified atom stereocenters. The van der Waals surface area contributed by atoms with Gasteiger partial charge in [-0.1, -0.05) is 0 Å². The van der Waals surface area contributed by atoms with Crippen molar-refractivity contribution in [1.82, 2.24) is 9.88 Å². The Bertz CT molecular complexity index is 669. The summed E-state index contributed by atoms with van der Waals surface area (Å²) in [6.45, 7) is 5.64. The number of carbonyl (C=O) groups excluding carboxylic acids is 2. The second-order valence-electron chi connectivity index (χ2n) is 8.21. The Balaban J connectivity index is 1.77. The number of carbonyl (C=O) groups is 2. The summed E-state index contributed by atoms with van der Waals surface area (Å²) in [5.41, 5.74) is -0.122. The third-order valence-electron chi connectivity index (χ3n) is 5.17. The summed E-state index contributed by atoms with van der Waals surface area (Å²) in [4.78, 5) is 31.8. The lowest BCUT2D eigenvalue weighted by Gasteiger charge is -2.48. The quantitative estimate of drug-likeness (QED) is 0.766. The van der Waals surface area contributed by atoms with Crippen LogP contribution in [0.15, 0.2) is 18.3 Å². The van der Waals surface area contributed by atoms with E-state index < -0.39 is 5.60 Å². The number of hydrogen-bond donors (Lipinski definition) is 0. The molecule has 0 N–H and O–H groups in total. The number of aromatic nitrogens is 1. The SMILES string of the molecule is COc1cccnc1C(=O)C1CC2CCCC(C1)N2C(=O)OC(C)(C)C. The standard InChI is InChI=1S/C20H28N2O4/c1-20(2,3)26-19(24)22-14-7-5-8-15(22)12-13(11-14)18(23)17-16(25-4)9-6-10-21-17/h6,9-10,13-15H,5,7-8,11-12H2,1-4H3. The fourth-order valence-corrected chi connectivity index (χ4v) is 4.14. The molecular formula is C20H28N2O4. The molecule has 1 aromatic heterocycles. The van der Waals surface area contributed by atoms with Gasteiger partial charge in [0.1, 0.15) is 17.0 Å². The zero-order chi connectivity index (χ0) is 18.9. The molecule has 2 saturated heterocycles. The average Bonchev–Trinajstić information content (AvgIpc) is 2.58. The highest BCUT2D eigenvalue weighted by atomic mass is 16.6. The van der Waals surface area contributed by atoms with Crippen LogP contribution in [0.4, 0.5) is 4.79 Å². The van der Waals surface area contributed by atoms with Crippen molar-refractivity contribution in [2.75, 3.05) is 7.11 Å². The second kappa shape index (κ2) is 7.25. The normalized spacial score (nSPS) is 25.5. The maximum Gasteiger partial charge on any atom is 0.410 e. The lowest BCUT2D eigenvalue weighted by Crippen LogP contribution is -2.56. The zero-order valence-corrected chi connectivity index (χ0v) is 16.0. The summed E-state index contributed by atoms with van der Waals surface area (Å²) in [7, 11) is 1.55. The summed E-state index contributed by atoms with van der Waals surface area (Å²) in [6, 6.07) is 3.63. The van der Waals surface area contributed by atoms with Gasteiger partial charge in [0.25, 0.3) is 0 Å². The van der Waals surface area contributed by atoms with Crippen LogP contribution < -0.4 is 4.74 Å². The van der Waals surface area contributed by atoms with Crippen molar-refractivity contribution < 1.29 is 19.1 Å². The number of amides is 1. The lowest BCUT2D eigenvalue weighted by atomic mass is 9.76. The van der Waals surface area contributed by atoms with E-state index in [4.69, 9.17) is 9.47 Å². The highest BCUT2D eigenvalue weighted by Crippen LogP contribution is 2.39. The van der Waals surface area contributed by atoms with Gasteiger partial charge >= 0.3 is 6.09 Å². The number of pyridine rings is 1. The largest absolute Gasteiger partial charge is 0.494 e. The molecule has 2 atom stereocenters. The summed E-state index contributed by atoms with van der Waals surface area (Å²) >= 11 is 0. The number of piperidine rings is 2. The Kier molecular flexibility index (Phi) is 5.21. The van der Waals surface area contributed by atoms with Crippen LogP contribution in [0.25, 0.3) is 0 Å². The number of rotatable bonds is 3. The van der Waals surface area contributed by atoms with Crippen LogP contribution in [-0.4, -0.2) is 46.6 Å². The first kappa shape index (κ1) is 18.7. The van der Waals surface area contributed by atoms with Crippen molar-refractivity contribution in [3.8, 4) is 5.75 Å². The summed E-state index contributed by atoms with van der Waals surface area (Å²) < 4.78 is 10.9. The Hall–Kier alpha value is -2.11. The Morgan fingerprint density at radius 3 is 2.42 bits per heavy atom. The van der Waals surface area contributed by atoms with Gasteiger partial charge in [0.2, 0.25) is 0 Å². The van der Waals surface area contributed by atoms with Crippen LogP contribution in [0, 0.1) is 5.92 Å². The maximum absolute atomic E-state index is 13.0. The maximum atomic E-state index is 13.0. The topological polar surface area (TPSA) is 68.7 Å². The number of nitrogens with zero attached hydrogens (tertiary/aromatic N) is 2. The van der Waals surface area contributed by atoms with E-state index in [0.717, 1.165) is 19.3 Å². The minimum Gasteiger partial charge on any atom is -0.494 e. The molecule has 0 saturated carbocycles. The molecule has 3 heterocycles. The molecule has 2 aliphatic heterocycles. The number of methoxy groups -OCH3 is 1. The van der Waals surface area contributed by atoms with Gasteiger partial charge in [0.15, 0.2) is 5.78 Å². The monoisotopic (exact) mass is 360 g/mol. The first-order chi connectivity index (χ1) is 12.3. The fourth-order valence-electron chi connectivity index (χ4n) is 4.14. The van der Waals surface area contributed by atoms with E-state index in [-0.39, 0.29) is 29.9 Å². The zero-order valence-electron chi connectivity index (χ0n) is 16.0. The summed E-state index contributed by atoms with van der Waals surface area (Å²) in [6.07, 6.45) is 5.60. The predicted octanol–water partition coefficient (Wildman–Crippen LogP) is 3.84. The molecule has 142 valence electrons. The van der Waals surface area contributed by atoms with Gasteiger partial charge in [0, 0.05) is 24.2 Å². The van der Waals surface area contributed by atoms with Gasteiger partial charge in [-0.25, -0.2) is 9.78 Å². The molecule has 2 fully saturated rings. The number of Topliss-reactive ketones (excluding diaryl/α,β-unsaturated/α-hetero) is 1. The minimum absolute atomic E-state index is 0.0168. The third kappa shape index (κ3) is 3.84. The van der Waals surface area contributed by atoms with Gasteiger partial charge in [0.05, 0.1) is 7.11 Å². The molecule has 26 heavy (non-hydrogen) atoms. The number of ketones is 1. The van der Waals surface area contributed by atoms with Crippen LogP contribution in [0.2, 0.25) is 0 Å². The molecule has 0 aliphatic carbocycles. The Labute approximate surface area is 154 Å². The number of hydrogen-bond acceptors (Lipinski definition) is 5. The number of ether oxygens (including phenoxy) is 2. The molecule has 0 spiro atoms. The van der Waals surface area contributed by atoms with Crippen LogP contribution in [0.5, 0.6) is 5.75 Å². The molecule has 2 bridgehead atoms. The molecule has 2 aliphatic rings. The summed E-state index contributed by atoms with van der Waals surface area (Å²) in [5.74, 6) is 0.396. The molecule has 0 radical (unpaired) electrons. The van der Waals surface area contributed by atoms with Crippen molar-refractivity contribution in [2.24, 2.45) is 5.92 Å². The third-order valence-corrected chi connectivity index (χ3v) is 5.17. The van der Waals surface area contributed by atoms with Crippen molar-refractivity contribution in [3.63, 3.8) is 0 Å². The molecule has 1 amide bonds. The van der Waals surface area contributed by atoms with Gasteiger partial charge < -0.3 is 14.4 Å². The van der Waals surface area contributed by atoms with E-state index in [2.05, 4.69) is 4.98 Å². The molecule has 6 nitrogen and oxygen atoms in total. The van der Waals surface area contributed by atoms with Crippen molar-refractivity contribution in [1.29, 1.82) is 0 Å². The first-order valence-corrected chi connectivity index (χ1v) is 9.34. The van der Waals surface area contributed by atoms with E-state index in [1.807, 2.05) is 25.7 Å². The van der Waals surface area contributed by atoms with E-state index in [1.165, 1.54) is 0 Å². The van der Waals surface area contributed by atoms with Gasteiger partial charge in [-0.05, 0) is 65.0 Å². The highest BCUT2D eigenvalue weighted by molar-refractivity contribution is 5.98. The summed E-state index contributed by atoms with van der Waals surface area (Å²) in [5, 5.41) is 0. The number of fused-ring (bicyclic) bond motifs is 2. The van der Waals surface area contributed by atoms with Crippen LogP contribution in [0.1, 0.15) is 63.4 Å². The van der Waals surface area contributed by atoms with Crippen LogP contribution in [0.3, 0.4) is 0 Å². The van der Waals surface area contributed by atoms with Crippen LogP contribution >= 0.6 is 0 Å². The molecule has 3 rings (SSSR count). The Morgan fingerprint density at radius 1 is 1.19 bits per heavy atom. The molecular weight excluding hydrogens is 332 g/mol. The van der Waals surface area contributed by atoms with E-state index >= 15 is 0 Å². The van der Waals surface area contributed by atoms with Gasteiger partial charge in [-0.15, -0.1) is 0 Å². The van der Waals surface area contributed by atoms with Gasteiger partial charge in [-0.3, -0.25) is 4.79 Å². The van der Waals surface area contributed by atoms with E-state index in [0.29, 0.717) is 24.3 Å². The molecule has 0 aromatic carbocycles. The lowest BCUT2D eigenvalue weighted by molar-refractivity contribution is -0.0261. The Morgan fingerprint density at radius 2 is 1.85 bits per heavy atom. The van der Waals surface area contributed by atoms with E-state index in [9.17, 15) is 9.59 Å². The van der Waals surface area contributed by atoms with E-state index in [1.54, 1.807) is 25.4 Å². The van der Waals surface area contributed by atoms with Gasteiger partial charge in [-0.2, -0.15) is 0 Å².